The van der Waals surface area contributed by atoms with Gasteiger partial charge in [0.05, 0.1) is 14.1 Å². The second-order valence-electron chi connectivity index (χ2n) is 3.64. The second-order valence-corrected chi connectivity index (χ2v) is 7.39. The minimum absolute atomic E-state index is 0.214. The summed E-state index contributed by atoms with van der Waals surface area (Å²) in [6.45, 7) is 2.69. The zero-order valence-electron chi connectivity index (χ0n) is 8.13. The van der Waals surface area contributed by atoms with Gasteiger partial charge in [-0.3, -0.25) is 9.69 Å². The largest absolute Gasteiger partial charge is 0.296 e. The number of halogens is 2. The number of thiophene rings is 1. The van der Waals surface area contributed by atoms with Gasteiger partial charge in [0.15, 0.2) is 5.78 Å². The van der Waals surface area contributed by atoms with Crippen LogP contribution in [0.15, 0.2) is 13.6 Å². The summed E-state index contributed by atoms with van der Waals surface area (Å²) in [4.78, 5) is 14.2. The molecule has 0 saturated carbocycles. The summed E-state index contributed by atoms with van der Waals surface area (Å²) in [5.74, 6) is 0.214. The Balaban J connectivity index is 2.03. The van der Waals surface area contributed by atoms with Crippen molar-refractivity contribution in [2.45, 2.75) is 12.8 Å². The Labute approximate surface area is 110 Å². The van der Waals surface area contributed by atoms with Crippen LogP contribution in [0.3, 0.4) is 0 Å². The number of likely N-dealkylation sites (tertiary alicyclic amines) is 1. The van der Waals surface area contributed by atoms with E-state index >= 15 is 0 Å². The number of hydrogen-bond acceptors (Lipinski definition) is 3. The van der Waals surface area contributed by atoms with Gasteiger partial charge in [0.25, 0.3) is 0 Å². The Morgan fingerprint density at radius 1 is 1.40 bits per heavy atom. The smallest absolute Gasteiger partial charge is 0.178 e. The molecule has 1 aromatic rings. The van der Waals surface area contributed by atoms with Crippen molar-refractivity contribution in [1.29, 1.82) is 0 Å². The molecule has 1 saturated heterocycles. The molecule has 0 bridgehead atoms. The first-order chi connectivity index (χ1) is 7.16. The van der Waals surface area contributed by atoms with Gasteiger partial charge in [-0.1, -0.05) is 0 Å². The van der Waals surface area contributed by atoms with E-state index in [1.54, 1.807) is 11.3 Å². The van der Waals surface area contributed by atoms with E-state index in [1.165, 1.54) is 12.8 Å². The highest BCUT2D eigenvalue weighted by Gasteiger charge is 2.19. The molecule has 0 amide bonds. The predicted octanol–water partition coefficient (Wildman–Crippen LogP) is 3.55. The lowest BCUT2D eigenvalue weighted by molar-refractivity contribution is 0.0945. The average molecular weight is 353 g/mol. The predicted molar refractivity (Wildman–Crippen MR) is 69.7 cm³/mol. The Morgan fingerprint density at radius 2 is 2.07 bits per heavy atom. The molecule has 15 heavy (non-hydrogen) atoms. The van der Waals surface area contributed by atoms with Crippen molar-refractivity contribution >= 4 is 49.0 Å². The molecular weight excluding hydrogens is 342 g/mol. The fourth-order valence-corrected chi connectivity index (χ4v) is 4.62. The van der Waals surface area contributed by atoms with E-state index < -0.39 is 0 Å². The van der Waals surface area contributed by atoms with Gasteiger partial charge in [-0.05, 0) is 63.9 Å². The summed E-state index contributed by atoms with van der Waals surface area (Å²) in [5, 5.41) is 0. The maximum Gasteiger partial charge on any atom is 0.178 e. The maximum absolute atomic E-state index is 11.9. The molecule has 0 N–H and O–H groups in total. The van der Waals surface area contributed by atoms with Gasteiger partial charge in [-0.2, -0.15) is 0 Å². The normalized spacial score (nSPS) is 17.2. The Kier molecular flexibility index (Phi) is 3.98. The topological polar surface area (TPSA) is 20.3 Å². The number of carbonyl (C=O) groups excluding carboxylic acids is 1. The summed E-state index contributed by atoms with van der Waals surface area (Å²) < 4.78 is 1.93. The van der Waals surface area contributed by atoms with Crippen molar-refractivity contribution in [2.24, 2.45) is 0 Å². The first-order valence-electron chi connectivity index (χ1n) is 4.87. The van der Waals surface area contributed by atoms with Gasteiger partial charge >= 0.3 is 0 Å². The summed E-state index contributed by atoms with van der Waals surface area (Å²) in [6, 6.07) is 1.90. The lowest BCUT2D eigenvalue weighted by Gasteiger charge is -2.12. The quantitative estimate of drug-likeness (QED) is 0.775. The lowest BCUT2D eigenvalue weighted by atomic mass is 10.2. The molecule has 0 aliphatic carbocycles. The van der Waals surface area contributed by atoms with Crippen LogP contribution >= 0.6 is 43.2 Å². The molecule has 0 aromatic carbocycles. The molecule has 0 radical (unpaired) electrons. The lowest BCUT2D eigenvalue weighted by Crippen LogP contribution is -2.26. The van der Waals surface area contributed by atoms with Gasteiger partial charge in [-0.15, -0.1) is 11.3 Å². The first kappa shape index (κ1) is 11.8. The zero-order chi connectivity index (χ0) is 10.8. The third-order valence-electron chi connectivity index (χ3n) is 2.52. The van der Waals surface area contributed by atoms with Gasteiger partial charge in [0, 0.05) is 5.56 Å². The van der Waals surface area contributed by atoms with Crippen molar-refractivity contribution < 1.29 is 4.79 Å². The van der Waals surface area contributed by atoms with Crippen LogP contribution in [0, 0.1) is 0 Å². The highest BCUT2D eigenvalue weighted by Crippen LogP contribution is 2.32. The van der Waals surface area contributed by atoms with Crippen LogP contribution in [-0.2, 0) is 0 Å². The van der Waals surface area contributed by atoms with Crippen LogP contribution in [-0.4, -0.2) is 30.3 Å². The third kappa shape index (κ3) is 2.90. The first-order valence-corrected chi connectivity index (χ1v) is 7.27. The monoisotopic (exact) mass is 351 g/mol. The van der Waals surface area contributed by atoms with Crippen LogP contribution in [0.1, 0.15) is 23.2 Å². The standard InChI is InChI=1S/C10H11Br2NOS/c11-9-5-7(10(12)15-9)8(14)6-13-3-1-2-4-13/h5H,1-4,6H2. The summed E-state index contributed by atoms with van der Waals surface area (Å²) in [5.41, 5.74) is 0.804. The number of Topliss-reactive ketones (excluding diaryl/α,β-unsaturated/α-hetero) is 1. The molecule has 0 atom stereocenters. The third-order valence-corrected chi connectivity index (χ3v) is 4.86. The SMILES string of the molecule is O=C(CN1CCCC1)c1cc(Br)sc1Br. The van der Waals surface area contributed by atoms with Crippen LogP contribution in [0.4, 0.5) is 0 Å². The van der Waals surface area contributed by atoms with Gasteiger partial charge in [-0.25, -0.2) is 0 Å². The van der Waals surface area contributed by atoms with Crippen molar-refractivity contribution in [3.8, 4) is 0 Å². The maximum atomic E-state index is 11.9. The van der Waals surface area contributed by atoms with Crippen molar-refractivity contribution in [3.05, 3.63) is 19.2 Å². The molecule has 1 aliphatic rings. The Bertz CT molecular complexity index is 371. The molecule has 2 nitrogen and oxygen atoms in total. The minimum atomic E-state index is 0.214. The fourth-order valence-electron chi connectivity index (χ4n) is 1.76. The molecule has 0 unspecified atom stereocenters. The Hall–Kier alpha value is 0.290. The second kappa shape index (κ2) is 5.08. The van der Waals surface area contributed by atoms with Gasteiger partial charge in [0.1, 0.15) is 0 Å². The number of hydrogen-bond donors (Lipinski definition) is 0. The highest BCUT2D eigenvalue weighted by atomic mass is 79.9. The molecule has 82 valence electrons. The van der Waals surface area contributed by atoms with Crippen molar-refractivity contribution in [3.63, 3.8) is 0 Å². The van der Waals surface area contributed by atoms with E-state index in [0.29, 0.717) is 6.54 Å². The van der Waals surface area contributed by atoms with Crippen LogP contribution in [0.2, 0.25) is 0 Å². The van der Waals surface area contributed by atoms with E-state index in [9.17, 15) is 4.79 Å². The molecule has 2 rings (SSSR count). The molecule has 0 spiro atoms. The number of carbonyl (C=O) groups is 1. The molecule has 1 aliphatic heterocycles. The van der Waals surface area contributed by atoms with E-state index in [2.05, 4.69) is 36.8 Å². The van der Waals surface area contributed by atoms with Crippen LogP contribution in [0.5, 0.6) is 0 Å². The molecule has 5 heteroatoms. The van der Waals surface area contributed by atoms with Crippen LogP contribution in [0.25, 0.3) is 0 Å². The van der Waals surface area contributed by atoms with Crippen molar-refractivity contribution in [2.75, 3.05) is 19.6 Å². The minimum Gasteiger partial charge on any atom is -0.296 e. The number of rotatable bonds is 3. The van der Waals surface area contributed by atoms with E-state index in [-0.39, 0.29) is 5.78 Å². The number of nitrogens with zero attached hydrogens (tertiary/aromatic N) is 1. The van der Waals surface area contributed by atoms with Crippen molar-refractivity contribution in [1.82, 2.24) is 4.90 Å². The zero-order valence-corrected chi connectivity index (χ0v) is 12.1. The molecule has 2 heterocycles. The van der Waals surface area contributed by atoms with Gasteiger partial charge < -0.3 is 0 Å². The van der Waals surface area contributed by atoms with Crippen LogP contribution < -0.4 is 0 Å². The summed E-state index contributed by atoms with van der Waals surface area (Å²) in [6.07, 6.45) is 2.45. The molecule has 1 fully saturated rings. The summed E-state index contributed by atoms with van der Waals surface area (Å²) in [7, 11) is 0. The summed E-state index contributed by atoms with van der Waals surface area (Å²) >= 11 is 8.35. The Morgan fingerprint density at radius 3 is 2.60 bits per heavy atom. The molecule has 1 aromatic heterocycles. The van der Waals surface area contributed by atoms with E-state index in [0.717, 1.165) is 26.2 Å². The molecular formula is C10H11Br2NOS. The average Bonchev–Trinajstić information content (AvgIpc) is 2.75. The van der Waals surface area contributed by atoms with E-state index in [1.807, 2.05) is 6.07 Å². The fraction of sp³-hybridized carbons (Fsp3) is 0.500. The number of ketones is 1. The van der Waals surface area contributed by atoms with E-state index in [4.69, 9.17) is 0 Å². The van der Waals surface area contributed by atoms with Gasteiger partial charge in [0.2, 0.25) is 0 Å². The highest BCUT2D eigenvalue weighted by molar-refractivity contribution is 9.12.